The minimum Gasteiger partial charge on any atom is -0.494 e. The fourth-order valence-corrected chi connectivity index (χ4v) is 5.41. The van der Waals surface area contributed by atoms with E-state index >= 15 is 0 Å². The van der Waals surface area contributed by atoms with Gasteiger partial charge in [-0.3, -0.25) is 4.79 Å². The van der Waals surface area contributed by atoms with Crippen LogP contribution in [-0.4, -0.2) is 43.5 Å². The van der Waals surface area contributed by atoms with Gasteiger partial charge in [0.25, 0.3) is 0 Å². The summed E-state index contributed by atoms with van der Waals surface area (Å²) in [5.41, 5.74) is 2.74. The Labute approximate surface area is 280 Å². The van der Waals surface area contributed by atoms with E-state index in [4.69, 9.17) is 18.9 Å². The second-order valence-electron chi connectivity index (χ2n) is 10.7. The molecular weight excluding hydrogens is 612 g/mol. The number of unbranched alkanes of at least 4 members (excludes halogenated alkanes) is 4. The fraction of sp³-hybridized carbons (Fsp3) is 0.256. The molecule has 0 saturated heterocycles. The highest BCUT2D eigenvalue weighted by molar-refractivity contribution is 8.14. The van der Waals surface area contributed by atoms with E-state index in [1.807, 2.05) is 66.7 Å². The average Bonchev–Trinajstić information content (AvgIpc) is 3.11. The molecule has 0 amide bonds. The molecular formula is C39H40O7S. The highest BCUT2D eigenvalue weighted by Gasteiger charge is 2.10. The SMILES string of the molecule is C=CC(=O)OCCCCCCOc1ccc(SC(=O)c2ccc(-c3ccc4cc(OCCCCOC(=O)C=C)ccc4c3)cc2)cc1. The lowest BCUT2D eigenvalue weighted by Crippen LogP contribution is -2.04. The summed E-state index contributed by atoms with van der Waals surface area (Å²) >= 11 is 1.19. The van der Waals surface area contributed by atoms with Crippen LogP contribution in [0.5, 0.6) is 11.5 Å². The van der Waals surface area contributed by atoms with E-state index in [1.54, 1.807) is 0 Å². The molecule has 0 heterocycles. The third-order valence-corrected chi connectivity index (χ3v) is 8.17. The zero-order valence-electron chi connectivity index (χ0n) is 26.5. The van der Waals surface area contributed by atoms with Crippen molar-refractivity contribution in [1.29, 1.82) is 0 Å². The molecule has 4 aromatic carbocycles. The molecule has 0 fully saturated rings. The van der Waals surface area contributed by atoms with Crippen molar-refractivity contribution in [3.05, 3.63) is 116 Å². The Morgan fingerprint density at radius 1 is 0.553 bits per heavy atom. The predicted molar refractivity (Wildman–Crippen MR) is 187 cm³/mol. The minimum atomic E-state index is -0.406. The third-order valence-electron chi connectivity index (χ3n) is 7.24. The highest BCUT2D eigenvalue weighted by Crippen LogP contribution is 2.29. The van der Waals surface area contributed by atoms with Crippen molar-refractivity contribution in [1.82, 2.24) is 0 Å². The van der Waals surface area contributed by atoms with Crippen LogP contribution in [0.1, 0.15) is 48.9 Å². The molecule has 244 valence electrons. The summed E-state index contributed by atoms with van der Waals surface area (Å²) in [6.07, 6.45) is 7.54. The Morgan fingerprint density at radius 3 is 1.72 bits per heavy atom. The summed E-state index contributed by atoms with van der Waals surface area (Å²) in [5, 5.41) is 2.15. The van der Waals surface area contributed by atoms with Crippen LogP contribution in [0.2, 0.25) is 0 Å². The van der Waals surface area contributed by atoms with E-state index in [-0.39, 0.29) is 11.1 Å². The second-order valence-corrected chi connectivity index (χ2v) is 11.8. The quantitative estimate of drug-likeness (QED) is 0.0429. The average molecular weight is 653 g/mol. The van der Waals surface area contributed by atoms with Gasteiger partial charge in [-0.15, -0.1) is 0 Å². The summed E-state index contributed by atoms with van der Waals surface area (Å²) in [5.74, 6) is 0.776. The maximum absolute atomic E-state index is 13.0. The van der Waals surface area contributed by atoms with Crippen LogP contribution >= 0.6 is 11.8 Å². The normalized spacial score (nSPS) is 10.6. The number of benzene rings is 4. The van der Waals surface area contributed by atoms with Crippen LogP contribution < -0.4 is 9.47 Å². The van der Waals surface area contributed by atoms with Gasteiger partial charge in [0.2, 0.25) is 5.12 Å². The molecule has 0 aromatic heterocycles. The molecule has 0 radical (unpaired) electrons. The van der Waals surface area contributed by atoms with Gasteiger partial charge in [0.15, 0.2) is 0 Å². The molecule has 0 unspecified atom stereocenters. The number of carbonyl (C=O) groups excluding carboxylic acids is 3. The molecule has 0 aliphatic heterocycles. The van der Waals surface area contributed by atoms with Crippen LogP contribution in [0.15, 0.2) is 115 Å². The number of fused-ring (bicyclic) bond motifs is 1. The van der Waals surface area contributed by atoms with E-state index in [1.165, 1.54) is 17.8 Å². The first kappa shape index (κ1) is 35.0. The van der Waals surface area contributed by atoms with E-state index in [0.717, 1.165) is 82.9 Å². The highest BCUT2D eigenvalue weighted by atomic mass is 32.2. The smallest absolute Gasteiger partial charge is 0.330 e. The maximum atomic E-state index is 13.0. The molecule has 4 aromatic rings. The number of esters is 2. The van der Waals surface area contributed by atoms with Gasteiger partial charge in [0.05, 0.1) is 26.4 Å². The number of rotatable bonds is 19. The largest absolute Gasteiger partial charge is 0.494 e. The van der Waals surface area contributed by atoms with Crippen molar-refractivity contribution in [2.45, 2.75) is 43.4 Å². The zero-order valence-corrected chi connectivity index (χ0v) is 27.3. The van der Waals surface area contributed by atoms with E-state index in [2.05, 4.69) is 31.4 Å². The summed E-state index contributed by atoms with van der Waals surface area (Å²) < 4.78 is 21.6. The zero-order chi connectivity index (χ0) is 33.3. The van der Waals surface area contributed by atoms with Crippen molar-refractivity contribution in [3.63, 3.8) is 0 Å². The van der Waals surface area contributed by atoms with Crippen LogP contribution in [0.3, 0.4) is 0 Å². The Hall–Kier alpha value is -4.82. The lowest BCUT2D eigenvalue weighted by Gasteiger charge is -2.09. The lowest BCUT2D eigenvalue weighted by atomic mass is 10.0. The number of hydrogen-bond donors (Lipinski definition) is 0. The number of ether oxygens (including phenoxy) is 4. The van der Waals surface area contributed by atoms with E-state index in [9.17, 15) is 14.4 Å². The molecule has 0 atom stereocenters. The van der Waals surface area contributed by atoms with Gasteiger partial charge < -0.3 is 18.9 Å². The molecule has 0 aliphatic carbocycles. The van der Waals surface area contributed by atoms with E-state index in [0.29, 0.717) is 32.0 Å². The van der Waals surface area contributed by atoms with Gasteiger partial charge in [-0.1, -0.05) is 43.5 Å². The molecule has 0 saturated carbocycles. The minimum absolute atomic E-state index is 0.0205. The fourth-order valence-electron chi connectivity index (χ4n) is 4.67. The van der Waals surface area contributed by atoms with Crippen LogP contribution in [0.25, 0.3) is 21.9 Å². The van der Waals surface area contributed by atoms with Gasteiger partial charge in [0.1, 0.15) is 11.5 Å². The Bertz CT molecular complexity index is 1640. The summed E-state index contributed by atoms with van der Waals surface area (Å²) in [7, 11) is 0. The van der Waals surface area contributed by atoms with Gasteiger partial charge in [0, 0.05) is 22.6 Å². The summed E-state index contributed by atoms with van der Waals surface area (Å²) in [6, 6.07) is 27.5. The van der Waals surface area contributed by atoms with Gasteiger partial charge in [-0.25, -0.2) is 9.59 Å². The van der Waals surface area contributed by atoms with Crippen LogP contribution in [-0.2, 0) is 19.1 Å². The molecule has 47 heavy (non-hydrogen) atoms. The van der Waals surface area contributed by atoms with Crippen molar-refractivity contribution >= 4 is 39.6 Å². The molecule has 0 bridgehead atoms. The predicted octanol–water partition coefficient (Wildman–Crippen LogP) is 9.00. The van der Waals surface area contributed by atoms with Crippen LogP contribution in [0.4, 0.5) is 0 Å². The lowest BCUT2D eigenvalue weighted by molar-refractivity contribution is -0.138. The second kappa shape index (κ2) is 19.0. The first-order valence-corrected chi connectivity index (χ1v) is 16.6. The van der Waals surface area contributed by atoms with Crippen molar-refractivity contribution < 1.29 is 33.3 Å². The van der Waals surface area contributed by atoms with Gasteiger partial charge in [-0.2, -0.15) is 0 Å². The molecule has 0 spiro atoms. The van der Waals surface area contributed by atoms with Crippen LogP contribution in [0, 0.1) is 0 Å². The number of hydrogen-bond acceptors (Lipinski definition) is 8. The van der Waals surface area contributed by atoms with Crippen molar-refractivity contribution in [2.75, 3.05) is 26.4 Å². The first-order valence-electron chi connectivity index (χ1n) is 15.8. The van der Waals surface area contributed by atoms with Crippen molar-refractivity contribution in [3.8, 4) is 22.6 Å². The summed E-state index contributed by atoms with van der Waals surface area (Å²) in [6.45, 7) is 8.68. The molecule has 8 heteroatoms. The molecule has 0 aliphatic rings. The van der Waals surface area contributed by atoms with E-state index < -0.39 is 5.97 Å². The number of carbonyl (C=O) groups is 3. The third kappa shape index (κ3) is 11.8. The monoisotopic (exact) mass is 652 g/mol. The van der Waals surface area contributed by atoms with Crippen molar-refractivity contribution in [2.24, 2.45) is 0 Å². The van der Waals surface area contributed by atoms with Gasteiger partial charge >= 0.3 is 11.9 Å². The number of thioether (sulfide) groups is 1. The maximum Gasteiger partial charge on any atom is 0.330 e. The molecule has 4 rings (SSSR count). The summed E-state index contributed by atoms with van der Waals surface area (Å²) in [4.78, 5) is 35.9. The molecule has 0 N–H and O–H groups in total. The topological polar surface area (TPSA) is 88.1 Å². The Kier molecular flexibility index (Phi) is 14.2. The first-order chi connectivity index (χ1) is 22.9. The Morgan fingerprint density at radius 2 is 1.06 bits per heavy atom. The van der Waals surface area contributed by atoms with Gasteiger partial charge in [-0.05, 0) is 127 Å². The Balaban J connectivity index is 1.20. The standard InChI is InChI=1S/C39H40O7S/c1-3-37(40)45-25-8-6-5-7-23-43-34-19-21-36(22-20-34)47-39(42)30-13-11-29(12-14-30)31-15-16-33-28-35(18-17-32(33)27-31)44-24-9-10-26-46-38(41)4-2/h3-4,11-22,27-28H,1-2,5-10,23-26H2. The molecule has 7 nitrogen and oxygen atoms in total.